The zero-order valence-electron chi connectivity index (χ0n) is 17.1. The third-order valence-corrected chi connectivity index (χ3v) is 7.38. The lowest BCUT2D eigenvalue weighted by Crippen LogP contribution is -2.35. The number of aliphatic hydroxyl groups excluding tert-OH is 1. The maximum Gasteiger partial charge on any atom is 0.164 e. The van der Waals surface area contributed by atoms with Crippen molar-refractivity contribution in [3.8, 4) is 11.4 Å². The molecule has 1 aliphatic heterocycles. The molecule has 154 valence electrons. The average molecular weight is 414 g/mol. The van der Waals surface area contributed by atoms with Gasteiger partial charge in [-0.2, -0.15) is 5.10 Å². The minimum atomic E-state index is -0.273. The number of thioether (sulfide) groups is 1. The van der Waals surface area contributed by atoms with Gasteiger partial charge >= 0.3 is 0 Å². The topological polar surface area (TPSA) is 84.9 Å². The average Bonchev–Trinajstić information content (AvgIpc) is 3.23. The first kappa shape index (κ1) is 19.0. The minimum absolute atomic E-state index is 0.273. The van der Waals surface area contributed by atoms with Crippen LogP contribution in [0, 0.1) is 12.8 Å². The van der Waals surface area contributed by atoms with Crippen molar-refractivity contribution in [3.05, 3.63) is 18.2 Å². The molecule has 5 rings (SSSR count). The lowest BCUT2D eigenvalue weighted by molar-refractivity contribution is 0.00314. The van der Waals surface area contributed by atoms with Crippen LogP contribution in [0.25, 0.3) is 22.6 Å². The molecule has 1 aliphatic carbocycles. The Morgan fingerprint density at radius 3 is 2.83 bits per heavy atom. The Labute approximate surface area is 174 Å². The van der Waals surface area contributed by atoms with Gasteiger partial charge in [0, 0.05) is 37.6 Å². The van der Waals surface area contributed by atoms with E-state index in [1.54, 1.807) is 18.1 Å². The quantitative estimate of drug-likeness (QED) is 0.621. The molecule has 1 saturated heterocycles. The summed E-state index contributed by atoms with van der Waals surface area (Å²) < 4.78 is 4.01. The van der Waals surface area contributed by atoms with E-state index in [-0.39, 0.29) is 6.23 Å². The first-order chi connectivity index (χ1) is 14.1. The van der Waals surface area contributed by atoms with Crippen molar-refractivity contribution in [3.63, 3.8) is 0 Å². The smallest absolute Gasteiger partial charge is 0.164 e. The van der Waals surface area contributed by atoms with Crippen LogP contribution in [0.1, 0.15) is 31.9 Å². The Morgan fingerprint density at radius 2 is 2.10 bits per heavy atom. The number of aliphatic hydroxyl groups is 1. The van der Waals surface area contributed by atoms with Crippen LogP contribution in [0.15, 0.2) is 17.6 Å². The second kappa shape index (κ2) is 7.37. The van der Waals surface area contributed by atoms with Gasteiger partial charge in [-0.1, -0.05) is 11.8 Å². The Bertz CT molecular complexity index is 1040. The lowest BCUT2D eigenvalue weighted by Gasteiger charge is -2.22. The summed E-state index contributed by atoms with van der Waals surface area (Å²) in [6.07, 6.45) is 6.62. The first-order valence-corrected chi connectivity index (χ1v) is 11.2. The third-order valence-electron chi connectivity index (χ3n) is 6.14. The summed E-state index contributed by atoms with van der Waals surface area (Å²) in [6, 6.07) is 0. The molecule has 0 spiro atoms. The minimum Gasteiger partial charge on any atom is -0.378 e. The molecular formula is C20H27N7OS. The van der Waals surface area contributed by atoms with E-state index in [2.05, 4.69) is 33.8 Å². The molecule has 4 heterocycles. The Hall–Kier alpha value is -1.97. The predicted octanol–water partition coefficient (Wildman–Crippen LogP) is 2.45. The van der Waals surface area contributed by atoms with Gasteiger partial charge in [0.2, 0.25) is 0 Å². The van der Waals surface area contributed by atoms with Crippen molar-refractivity contribution in [2.24, 2.45) is 13.0 Å². The maximum absolute atomic E-state index is 10.4. The van der Waals surface area contributed by atoms with Crippen molar-refractivity contribution in [1.29, 1.82) is 0 Å². The molecule has 0 radical (unpaired) electrons. The summed E-state index contributed by atoms with van der Waals surface area (Å²) in [5.41, 5.74) is 3.82. The van der Waals surface area contributed by atoms with E-state index in [9.17, 15) is 5.11 Å². The number of hydrogen-bond donors (Lipinski definition) is 1. The highest BCUT2D eigenvalue weighted by Crippen LogP contribution is 2.38. The molecule has 2 aliphatic rings. The molecule has 0 bridgehead atoms. The molecule has 2 atom stereocenters. The molecule has 29 heavy (non-hydrogen) atoms. The summed E-state index contributed by atoms with van der Waals surface area (Å²) in [7, 11) is 2.00. The number of nitrogens with zero attached hydrogens (tertiary/aromatic N) is 7. The van der Waals surface area contributed by atoms with Gasteiger partial charge in [-0.15, -0.1) is 0 Å². The van der Waals surface area contributed by atoms with Gasteiger partial charge in [0.1, 0.15) is 28.9 Å². The van der Waals surface area contributed by atoms with Gasteiger partial charge in [0.05, 0.1) is 11.8 Å². The summed E-state index contributed by atoms with van der Waals surface area (Å²) in [5.74, 6) is 1.35. The largest absolute Gasteiger partial charge is 0.378 e. The van der Waals surface area contributed by atoms with Gasteiger partial charge < -0.3 is 9.67 Å². The van der Waals surface area contributed by atoms with Crippen LogP contribution >= 0.6 is 11.8 Å². The van der Waals surface area contributed by atoms with Crippen LogP contribution in [0.3, 0.4) is 0 Å². The monoisotopic (exact) mass is 413 g/mol. The van der Waals surface area contributed by atoms with Crippen molar-refractivity contribution in [2.45, 2.75) is 56.2 Å². The van der Waals surface area contributed by atoms with Crippen molar-refractivity contribution in [1.82, 2.24) is 34.2 Å². The molecule has 3 aromatic heterocycles. The summed E-state index contributed by atoms with van der Waals surface area (Å²) in [4.78, 5) is 16.2. The lowest BCUT2D eigenvalue weighted by atomic mass is 10.2. The molecule has 0 aromatic carbocycles. The molecule has 0 amide bonds. The highest BCUT2D eigenvalue weighted by atomic mass is 32.2. The molecule has 8 nitrogen and oxygen atoms in total. The van der Waals surface area contributed by atoms with Crippen molar-refractivity contribution in [2.75, 3.05) is 13.1 Å². The zero-order valence-corrected chi connectivity index (χ0v) is 17.9. The van der Waals surface area contributed by atoms with E-state index < -0.39 is 0 Å². The van der Waals surface area contributed by atoms with Gasteiger partial charge in [-0.25, -0.2) is 15.0 Å². The zero-order chi connectivity index (χ0) is 20.1. The first-order valence-electron chi connectivity index (χ1n) is 10.4. The third kappa shape index (κ3) is 3.35. The number of hydrogen-bond acceptors (Lipinski definition) is 7. The molecule has 9 heteroatoms. The van der Waals surface area contributed by atoms with E-state index >= 15 is 0 Å². The second-order valence-corrected chi connectivity index (χ2v) is 9.37. The maximum atomic E-state index is 10.4. The van der Waals surface area contributed by atoms with Crippen LogP contribution in [0.2, 0.25) is 0 Å². The van der Waals surface area contributed by atoms with E-state index in [0.717, 1.165) is 72.2 Å². The second-order valence-electron chi connectivity index (χ2n) is 8.08. The number of aromatic nitrogens is 6. The summed E-state index contributed by atoms with van der Waals surface area (Å²) in [6.45, 7) is 6.85. The van der Waals surface area contributed by atoms with Crippen LogP contribution in [-0.4, -0.2) is 63.9 Å². The fourth-order valence-electron chi connectivity index (χ4n) is 4.23. The molecule has 1 N–H and O–H groups in total. The molecule has 1 saturated carbocycles. The highest BCUT2D eigenvalue weighted by molar-refractivity contribution is 8.00. The number of rotatable bonds is 6. The number of imidazole rings is 1. The fourth-order valence-corrected chi connectivity index (χ4v) is 5.39. The van der Waals surface area contributed by atoms with Gasteiger partial charge in [0.15, 0.2) is 5.65 Å². The van der Waals surface area contributed by atoms with Gasteiger partial charge in [-0.05, 0) is 39.0 Å². The van der Waals surface area contributed by atoms with Gasteiger partial charge in [0.25, 0.3) is 0 Å². The van der Waals surface area contributed by atoms with Crippen LogP contribution in [0.5, 0.6) is 0 Å². The van der Waals surface area contributed by atoms with E-state index in [1.807, 2.05) is 22.5 Å². The van der Waals surface area contributed by atoms with Crippen molar-refractivity contribution >= 4 is 22.9 Å². The highest BCUT2D eigenvalue weighted by Gasteiger charge is 2.37. The SMILES string of the molecule is CCn1ncc(-c2nc3c(SC4CCN(C(O)C5CC5)C4)ncnc3n2C)c1C. The molecule has 3 aromatic rings. The predicted molar refractivity (Wildman–Crippen MR) is 113 cm³/mol. The summed E-state index contributed by atoms with van der Waals surface area (Å²) in [5, 5.41) is 16.2. The van der Waals surface area contributed by atoms with E-state index in [1.165, 1.54) is 0 Å². The molecule has 2 unspecified atom stereocenters. The summed E-state index contributed by atoms with van der Waals surface area (Å²) >= 11 is 1.76. The fraction of sp³-hybridized carbons (Fsp3) is 0.600. The Kier molecular flexibility index (Phi) is 4.84. The van der Waals surface area contributed by atoms with Crippen molar-refractivity contribution < 1.29 is 5.11 Å². The molecular weight excluding hydrogens is 386 g/mol. The van der Waals surface area contributed by atoms with E-state index in [0.29, 0.717) is 11.2 Å². The number of fused-ring (bicyclic) bond motifs is 1. The van der Waals surface area contributed by atoms with E-state index in [4.69, 9.17) is 4.98 Å². The number of likely N-dealkylation sites (tertiary alicyclic amines) is 1. The Balaban J connectivity index is 1.42. The van der Waals surface area contributed by atoms with Gasteiger partial charge in [-0.3, -0.25) is 9.58 Å². The van der Waals surface area contributed by atoms with Crippen LogP contribution < -0.4 is 0 Å². The standard InChI is InChI=1S/C20H27N7OS/c1-4-27-12(2)15(9-23-27)17-24-16-18(25(17)3)21-11-22-19(16)29-14-7-8-26(10-14)20(28)13-5-6-13/h9,11,13-14,20,28H,4-8,10H2,1-3H3. The van der Waals surface area contributed by atoms with Crippen LogP contribution in [-0.2, 0) is 13.6 Å². The normalized spacial score (nSPS) is 21.3. The number of aryl methyl sites for hydroxylation is 2. The Morgan fingerprint density at radius 1 is 1.28 bits per heavy atom. The molecule has 2 fully saturated rings. The van der Waals surface area contributed by atoms with Crippen LogP contribution in [0.4, 0.5) is 0 Å².